The van der Waals surface area contributed by atoms with Crippen LogP contribution in [-0.2, 0) is 0 Å². The molecule has 5 heteroatoms. The standard InChI is InChI=1S/C12H14N4.ClH/c1-2-4-11(5-3-1)16-9-14-15-12(16)10-6-7-13-8-10;/h1-5,9-10,13H,6-8H2;1H. The van der Waals surface area contributed by atoms with Crippen LogP contribution in [0.15, 0.2) is 36.7 Å². The van der Waals surface area contributed by atoms with Crippen LogP contribution in [0, 0.1) is 0 Å². The van der Waals surface area contributed by atoms with Gasteiger partial charge in [0.2, 0.25) is 0 Å². The first-order chi connectivity index (χ1) is 7.95. The number of hydrogen-bond donors (Lipinski definition) is 1. The minimum absolute atomic E-state index is 0. The molecule has 1 N–H and O–H groups in total. The molecule has 0 aliphatic carbocycles. The summed E-state index contributed by atoms with van der Waals surface area (Å²) in [5.74, 6) is 1.55. The summed E-state index contributed by atoms with van der Waals surface area (Å²) in [7, 11) is 0. The minimum atomic E-state index is 0. The molecule has 1 aromatic carbocycles. The zero-order valence-corrected chi connectivity index (χ0v) is 10.2. The van der Waals surface area contributed by atoms with Gasteiger partial charge in [-0.15, -0.1) is 22.6 Å². The number of rotatable bonds is 2. The van der Waals surface area contributed by atoms with E-state index in [0.717, 1.165) is 31.0 Å². The average Bonchev–Trinajstić information content (AvgIpc) is 3.01. The van der Waals surface area contributed by atoms with Crippen molar-refractivity contribution in [2.24, 2.45) is 0 Å². The van der Waals surface area contributed by atoms with Gasteiger partial charge in [-0.2, -0.15) is 0 Å². The number of aromatic nitrogens is 3. The maximum atomic E-state index is 4.25. The van der Waals surface area contributed by atoms with Crippen LogP contribution in [0.5, 0.6) is 0 Å². The Labute approximate surface area is 106 Å². The van der Waals surface area contributed by atoms with Crippen molar-refractivity contribution in [3.05, 3.63) is 42.5 Å². The van der Waals surface area contributed by atoms with Gasteiger partial charge in [-0.1, -0.05) is 18.2 Å². The summed E-state index contributed by atoms with van der Waals surface area (Å²) in [4.78, 5) is 0. The van der Waals surface area contributed by atoms with Crippen molar-refractivity contribution in [1.29, 1.82) is 0 Å². The van der Waals surface area contributed by atoms with E-state index in [4.69, 9.17) is 0 Å². The second-order valence-electron chi connectivity index (χ2n) is 4.08. The Balaban J connectivity index is 0.00000108. The molecule has 1 fully saturated rings. The summed E-state index contributed by atoms with van der Waals surface area (Å²) in [6.45, 7) is 2.08. The molecule has 1 aromatic heterocycles. The molecule has 2 heterocycles. The molecule has 0 amide bonds. The molecule has 90 valence electrons. The molecule has 0 bridgehead atoms. The maximum Gasteiger partial charge on any atom is 0.141 e. The Hall–Kier alpha value is -1.39. The predicted octanol–water partition coefficient (Wildman–Crippen LogP) is 1.77. The first-order valence-corrected chi connectivity index (χ1v) is 5.61. The predicted molar refractivity (Wildman–Crippen MR) is 68.8 cm³/mol. The molecule has 1 atom stereocenters. The van der Waals surface area contributed by atoms with Gasteiger partial charge in [-0.3, -0.25) is 4.57 Å². The highest BCUT2D eigenvalue weighted by Crippen LogP contribution is 2.22. The zero-order valence-electron chi connectivity index (χ0n) is 9.41. The van der Waals surface area contributed by atoms with E-state index in [2.05, 4.69) is 32.2 Å². The lowest BCUT2D eigenvalue weighted by atomic mass is 10.1. The van der Waals surface area contributed by atoms with E-state index >= 15 is 0 Å². The molecular weight excluding hydrogens is 236 g/mol. The Bertz CT molecular complexity index is 462. The van der Waals surface area contributed by atoms with Crippen LogP contribution in [0.25, 0.3) is 5.69 Å². The number of hydrogen-bond acceptors (Lipinski definition) is 3. The molecule has 17 heavy (non-hydrogen) atoms. The SMILES string of the molecule is Cl.c1ccc(-n2cnnc2C2CCNC2)cc1. The van der Waals surface area contributed by atoms with Gasteiger partial charge in [0.1, 0.15) is 12.2 Å². The fourth-order valence-corrected chi connectivity index (χ4v) is 2.18. The van der Waals surface area contributed by atoms with Crippen LogP contribution in [0.1, 0.15) is 18.2 Å². The quantitative estimate of drug-likeness (QED) is 0.883. The van der Waals surface area contributed by atoms with Crippen molar-refractivity contribution < 1.29 is 0 Å². The van der Waals surface area contributed by atoms with Crippen molar-refractivity contribution in [2.45, 2.75) is 12.3 Å². The summed E-state index contributed by atoms with van der Waals surface area (Å²) < 4.78 is 2.08. The number of para-hydroxylation sites is 1. The molecule has 0 saturated carbocycles. The van der Waals surface area contributed by atoms with Crippen molar-refractivity contribution in [2.75, 3.05) is 13.1 Å². The second kappa shape index (κ2) is 5.29. The maximum absolute atomic E-state index is 4.25. The molecule has 1 saturated heterocycles. The third-order valence-electron chi connectivity index (χ3n) is 3.03. The van der Waals surface area contributed by atoms with Crippen molar-refractivity contribution >= 4 is 12.4 Å². The lowest BCUT2D eigenvalue weighted by Gasteiger charge is -2.10. The van der Waals surface area contributed by atoms with E-state index in [1.54, 1.807) is 6.33 Å². The van der Waals surface area contributed by atoms with Gasteiger partial charge < -0.3 is 5.32 Å². The molecule has 1 aliphatic heterocycles. The topological polar surface area (TPSA) is 42.7 Å². The van der Waals surface area contributed by atoms with Gasteiger partial charge in [-0.25, -0.2) is 0 Å². The van der Waals surface area contributed by atoms with Crippen molar-refractivity contribution in [3.8, 4) is 5.69 Å². The Morgan fingerprint density at radius 3 is 2.76 bits per heavy atom. The fourth-order valence-electron chi connectivity index (χ4n) is 2.18. The van der Waals surface area contributed by atoms with E-state index in [1.807, 2.05) is 18.2 Å². The molecular formula is C12H15ClN4. The molecule has 0 spiro atoms. The molecule has 2 aromatic rings. The van der Waals surface area contributed by atoms with Crippen LogP contribution >= 0.6 is 12.4 Å². The average molecular weight is 251 g/mol. The Kier molecular flexibility index (Phi) is 3.76. The largest absolute Gasteiger partial charge is 0.316 e. The summed E-state index contributed by atoms with van der Waals surface area (Å²) in [6.07, 6.45) is 2.94. The van der Waals surface area contributed by atoms with Gasteiger partial charge >= 0.3 is 0 Å². The summed E-state index contributed by atoms with van der Waals surface area (Å²) >= 11 is 0. The molecule has 1 unspecified atom stereocenters. The normalized spacial score (nSPS) is 18.9. The minimum Gasteiger partial charge on any atom is -0.316 e. The molecule has 0 radical (unpaired) electrons. The number of benzene rings is 1. The van der Waals surface area contributed by atoms with Crippen LogP contribution < -0.4 is 5.32 Å². The monoisotopic (exact) mass is 250 g/mol. The summed E-state index contributed by atoms with van der Waals surface area (Å²) in [5, 5.41) is 11.6. The van der Waals surface area contributed by atoms with Gasteiger partial charge in [0.15, 0.2) is 0 Å². The van der Waals surface area contributed by atoms with Crippen molar-refractivity contribution in [1.82, 2.24) is 20.1 Å². The highest BCUT2D eigenvalue weighted by atomic mass is 35.5. The number of nitrogens with zero attached hydrogens (tertiary/aromatic N) is 3. The summed E-state index contributed by atoms with van der Waals surface area (Å²) in [6, 6.07) is 10.2. The zero-order chi connectivity index (χ0) is 10.8. The molecule has 3 rings (SSSR count). The highest BCUT2D eigenvalue weighted by Gasteiger charge is 2.22. The van der Waals surface area contributed by atoms with Crippen LogP contribution in [-0.4, -0.2) is 27.9 Å². The number of halogens is 1. The molecule has 1 aliphatic rings. The van der Waals surface area contributed by atoms with E-state index < -0.39 is 0 Å². The van der Waals surface area contributed by atoms with E-state index in [9.17, 15) is 0 Å². The Morgan fingerprint density at radius 2 is 2.06 bits per heavy atom. The fraction of sp³-hybridized carbons (Fsp3) is 0.333. The van der Waals surface area contributed by atoms with Crippen LogP contribution in [0.4, 0.5) is 0 Å². The third kappa shape index (κ3) is 2.33. The Morgan fingerprint density at radius 1 is 1.24 bits per heavy atom. The smallest absolute Gasteiger partial charge is 0.141 e. The first-order valence-electron chi connectivity index (χ1n) is 5.61. The summed E-state index contributed by atoms with van der Waals surface area (Å²) in [5.41, 5.74) is 1.13. The van der Waals surface area contributed by atoms with E-state index in [0.29, 0.717) is 5.92 Å². The second-order valence-corrected chi connectivity index (χ2v) is 4.08. The number of nitrogens with one attached hydrogen (secondary N) is 1. The van der Waals surface area contributed by atoms with Crippen LogP contribution in [0.2, 0.25) is 0 Å². The third-order valence-corrected chi connectivity index (χ3v) is 3.03. The van der Waals surface area contributed by atoms with Crippen LogP contribution in [0.3, 0.4) is 0 Å². The van der Waals surface area contributed by atoms with E-state index in [-0.39, 0.29) is 12.4 Å². The lowest BCUT2D eigenvalue weighted by Crippen LogP contribution is -2.11. The van der Waals surface area contributed by atoms with Gasteiger partial charge in [0.05, 0.1) is 0 Å². The first kappa shape index (κ1) is 12.1. The van der Waals surface area contributed by atoms with Gasteiger partial charge in [0.25, 0.3) is 0 Å². The van der Waals surface area contributed by atoms with Gasteiger partial charge in [-0.05, 0) is 25.1 Å². The molecule has 4 nitrogen and oxygen atoms in total. The highest BCUT2D eigenvalue weighted by molar-refractivity contribution is 5.85. The van der Waals surface area contributed by atoms with E-state index in [1.165, 1.54) is 0 Å². The lowest BCUT2D eigenvalue weighted by molar-refractivity contribution is 0.682. The van der Waals surface area contributed by atoms with Crippen molar-refractivity contribution in [3.63, 3.8) is 0 Å². The van der Waals surface area contributed by atoms with Gasteiger partial charge in [0, 0.05) is 18.2 Å².